The molecule has 19 heavy (non-hydrogen) atoms. The molecule has 0 aromatic heterocycles. The van der Waals surface area contributed by atoms with Crippen LogP contribution in [0.5, 0.6) is 0 Å². The first kappa shape index (κ1) is 14.4. The number of hydrogen-bond donors (Lipinski definition) is 3. The lowest BCUT2D eigenvalue weighted by Gasteiger charge is -2.09. The van der Waals surface area contributed by atoms with E-state index in [2.05, 4.69) is 5.32 Å². The molecule has 1 amide bonds. The van der Waals surface area contributed by atoms with Crippen LogP contribution in [0.4, 0.5) is 11.4 Å². The number of carboxylic acids is 1. The normalized spacial score (nSPS) is 11.6. The minimum Gasteiger partial charge on any atom is -0.481 e. The van der Waals surface area contributed by atoms with E-state index in [1.807, 2.05) is 0 Å². The van der Waals surface area contributed by atoms with Gasteiger partial charge in [0.1, 0.15) is 5.69 Å². The fourth-order valence-corrected chi connectivity index (χ4v) is 1.34. The van der Waals surface area contributed by atoms with Gasteiger partial charge < -0.3 is 16.2 Å². The van der Waals surface area contributed by atoms with Crippen molar-refractivity contribution in [3.05, 3.63) is 33.9 Å². The maximum Gasteiger partial charge on any atom is 0.308 e. The molecule has 8 heteroatoms. The molecule has 0 bridgehead atoms. The minimum absolute atomic E-state index is 0.0493. The Kier molecular flexibility index (Phi) is 4.41. The number of carbonyl (C=O) groups is 2. The Balaban J connectivity index is 2.86. The van der Waals surface area contributed by atoms with Crippen LogP contribution in [0.3, 0.4) is 0 Å². The van der Waals surface area contributed by atoms with Crippen molar-refractivity contribution in [2.24, 2.45) is 5.92 Å². The predicted molar refractivity (Wildman–Crippen MR) is 66.6 cm³/mol. The third-order valence-corrected chi connectivity index (χ3v) is 2.51. The Morgan fingerprint density at radius 1 is 1.53 bits per heavy atom. The number of carboxylic acid groups (broad SMARTS) is 1. The smallest absolute Gasteiger partial charge is 0.308 e. The molecule has 0 aliphatic heterocycles. The zero-order valence-electron chi connectivity index (χ0n) is 10.1. The summed E-state index contributed by atoms with van der Waals surface area (Å²) in [5.74, 6) is -2.45. The van der Waals surface area contributed by atoms with Gasteiger partial charge in [-0.2, -0.15) is 0 Å². The van der Waals surface area contributed by atoms with Crippen LogP contribution in [0.1, 0.15) is 17.3 Å². The highest BCUT2D eigenvalue weighted by molar-refractivity contribution is 6.01. The molecule has 1 aromatic carbocycles. The molecule has 0 radical (unpaired) electrons. The molecule has 1 aromatic rings. The Bertz CT molecular complexity index is 529. The van der Waals surface area contributed by atoms with Gasteiger partial charge in [0.2, 0.25) is 0 Å². The fourth-order valence-electron chi connectivity index (χ4n) is 1.34. The van der Waals surface area contributed by atoms with Gasteiger partial charge in [-0.15, -0.1) is 0 Å². The highest BCUT2D eigenvalue weighted by Gasteiger charge is 2.20. The second-order valence-corrected chi connectivity index (χ2v) is 3.94. The number of aliphatic carboxylic acids is 1. The van der Waals surface area contributed by atoms with Crippen LogP contribution in [-0.2, 0) is 4.79 Å². The molecule has 8 nitrogen and oxygen atoms in total. The summed E-state index contributed by atoms with van der Waals surface area (Å²) in [6.45, 7) is 1.34. The molecular formula is C11H13N3O5. The fraction of sp³-hybridized carbons (Fsp3) is 0.273. The molecule has 1 atom stereocenters. The van der Waals surface area contributed by atoms with Crippen LogP contribution in [-0.4, -0.2) is 28.5 Å². The molecule has 102 valence electrons. The van der Waals surface area contributed by atoms with Gasteiger partial charge in [-0.1, -0.05) is 13.0 Å². The number of hydrogen-bond acceptors (Lipinski definition) is 5. The van der Waals surface area contributed by atoms with E-state index in [0.717, 1.165) is 0 Å². The summed E-state index contributed by atoms with van der Waals surface area (Å²) in [5.41, 5.74) is 4.88. The van der Waals surface area contributed by atoms with Crippen molar-refractivity contribution in [1.82, 2.24) is 5.32 Å². The van der Waals surface area contributed by atoms with Crippen LogP contribution in [0.15, 0.2) is 18.2 Å². The van der Waals surface area contributed by atoms with Crippen molar-refractivity contribution in [2.45, 2.75) is 6.92 Å². The number of nitrogens with two attached hydrogens (primary N) is 1. The van der Waals surface area contributed by atoms with Crippen molar-refractivity contribution in [3.8, 4) is 0 Å². The number of carbonyl (C=O) groups excluding carboxylic acids is 1. The number of benzene rings is 1. The molecule has 4 N–H and O–H groups in total. The zero-order valence-corrected chi connectivity index (χ0v) is 10.1. The number of anilines is 1. The van der Waals surface area contributed by atoms with Crippen molar-refractivity contribution in [3.63, 3.8) is 0 Å². The van der Waals surface area contributed by atoms with Gasteiger partial charge in [-0.3, -0.25) is 19.7 Å². The molecule has 0 aliphatic carbocycles. The molecule has 0 spiro atoms. The van der Waals surface area contributed by atoms with Crippen molar-refractivity contribution in [2.75, 3.05) is 12.3 Å². The second-order valence-electron chi connectivity index (χ2n) is 3.94. The lowest BCUT2D eigenvalue weighted by atomic mass is 10.1. The summed E-state index contributed by atoms with van der Waals surface area (Å²) in [5, 5.41) is 21.7. The van der Waals surface area contributed by atoms with Crippen LogP contribution >= 0.6 is 0 Å². The van der Waals surface area contributed by atoms with Gasteiger partial charge in [0.25, 0.3) is 11.6 Å². The molecule has 0 aliphatic rings. The van der Waals surface area contributed by atoms with E-state index in [4.69, 9.17) is 10.8 Å². The maximum atomic E-state index is 11.8. The van der Waals surface area contributed by atoms with E-state index in [9.17, 15) is 19.7 Å². The van der Waals surface area contributed by atoms with Gasteiger partial charge in [0, 0.05) is 12.6 Å². The van der Waals surface area contributed by atoms with Crippen molar-refractivity contribution in [1.29, 1.82) is 0 Å². The Morgan fingerprint density at radius 2 is 2.16 bits per heavy atom. The Labute approximate surface area is 108 Å². The standard InChI is InChI=1S/C11H13N3O5/c1-6(11(16)17)5-13-10(15)7-3-2-4-8(9(7)12)14(18)19/h2-4,6H,5,12H2,1H3,(H,13,15)(H,16,17). The number of amides is 1. The SMILES string of the molecule is CC(CNC(=O)c1cccc([N+](=O)[O-])c1N)C(=O)O. The third kappa shape index (κ3) is 3.41. The maximum absolute atomic E-state index is 11.8. The summed E-state index contributed by atoms with van der Waals surface area (Å²) in [6, 6.07) is 3.86. The van der Waals surface area contributed by atoms with E-state index < -0.39 is 22.7 Å². The van der Waals surface area contributed by atoms with Crippen molar-refractivity contribution < 1.29 is 19.6 Å². The van der Waals surface area contributed by atoms with Crippen LogP contribution in [0.25, 0.3) is 0 Å². The Morgan fingerprint density at radius 3 is 2.68 bits per heavy atom. The number of nitro groups is 1. The lowest BCUT2D eigenvalue weighted by Crippen LogP contribution is -2.31. The van der Waals surface area contributed by atoms with E-state index in [1.54, 1.807) is 0 Å². The average molecular weight is 267 g/mol. The first-order chi connectivity index (χ1) is 8.84. The number of nitrogens with one attached hydrogen (secondary N) is 1. The first-order valence-electron chi connectivity index (χ1n) is 5.38. The highest BCUT2D eigenvalue weighted by atomic mass is 16.6. The van der Waals surface area contributed by atoms with Crippen molar-refractivity contribution >= 4 is 23.3 Å². The van der Waals surface area contributed by atoms with Crippen LogP contribution in [0.2, 0.25) is 0 Å². The minimum atomic E-state index is -1.05. The number of nitrogens with zero attached hydrogens (tertiary/aromatic N) is 1. The van der Waals surface area contributed by atoms with Gasteiger partial charge in [0.05, 0.1) is 16.4 Å². The summed E-state index contributed by atoms with van der Waals surface area (Å²) in [7, 11) is 0. The van der Waals surface area contributed by atoms with Gasteiger partial charge >= 0.3 is 5.97 Å². The lowest BCUT2D eigenvalue weighted by molar-refractivity contribution is -0.383. The van der Waals surface area contributed by atoms with Crippen LogP contribution < -0.4 is 11.1 Å². The summed E-state index contributed by atoms with van der Waals surface area (Å²) < 4.78 is 0. The predicted octanol–water partition coefficient (Wildman–Crippen LogP) is 0.628. The monoisotopic (exact) mass is 267 g/mol. The molecular weight excluding hydrogens is 254 g/mol. The Hall–Kier alpha value is -2.64. The third-order valence-electron chi connectivity index (χ3n) is 2.51. The molecule has 0 heterocycles. The zero-order chi connectivity index (χ0) is 14.6. The molecule has 0 fully saturated rings. The van der Waals surface area contributed by atoms with E-state index >= 15 is 0 Å². The molecule has 0 saturated carbocycles. The van der Waals surface area contributed by atoms with E-state index in [-0.39, 0.29) is 23.5 Å². The quantitative estimate of drug-likeness (QED) is 0.406. The molecule has 1 rings (SSSR count). The molecule has 0 saturated heterocycles. The summed E-state index contributed by atoms with van der Waals surface area (Å²) in [4.78, 5) is 32.3. The number of nitrogen functional groups attached to an aromatic ring is 1. The molecule has 1 unspecified atom stereocenters. The van der Waals surface area contributed by atoms with Crippen LogP contribution in [0, 0.1) is 16.0 Å². The summed E-state index contributed by atoms with van der Waals surface area (Å²) >= 11 is 0. The van der Waals surface area contributed by atoms with E-state index in [1.165, 1.54) is 25.1 Å². The van der Waals surface area contributed by atoms with Gasteiger partial charge in [-0.25, -0.2) is 0 Å². The first-order valence-corrected chi connectivity index (χ1v) is 5.38. The average Bonchev–Trinajstić information content (AvgIpc) is 2.35. The number of rotatable bonds is 5. The van der Waals surface area contributed by atoms with E-state index in [0.29, 0.717) is 0 Å². The van der Waals surface area contributed by atoms with Gasteiger partial charge in [0.15, 0.2) is 0 Å². The van der Waals surface area contributed by atoms with Gasteiger partial charge in [-0.05, 0) is 6.07 Å². The largest absolute Gasteiger partial charge is 0.481 e. The topological polar surface area (TPSA) is 136 Å². The summed E-state index contributed by atoms with van der Waals surface area (Å²) in [6.07, 6.45) is 0. The highest BCUT2D eigenvalue weighted by Crippen LogP contribution is 2.24. The number of nitro benzene ring substituents is 1. The second kappa shape index (κ2) is 5.80. The number of para-hydroxylation sites is 1.